The molecule has 0 saturated carbocycles. The van der Waals surface area contributed by atoms with Crippen molar-refractivity contribution < 1.29 is 14.0 Å². The van der Waals surface area contributed by atoms with Crippen molar-refractivity contribution in [1.29, 1.82) is 0 Å². The molecule has 0 rings (SSSR count). The lowest BCUT2D eigenvalue weighted by Gasteiger charge is -2.24. The zero-order chi connectivity index (χ0) is 12.6. The van der Waals surface area contributed by atoms with Gasteiger partial charge in [0, 0.05) is 6.42 Å². The molecule has 0 spiro atoms. The maximum atomic E-state index is 11.0. The summed E-state index contributed by atoms with van der Waals surface area (Å²) < 4.78 is 10.6. The highest BCUT2D eigenvalue weighted by Crippen LogP contribution is 2.14. The van der Waals surface area contributed by atoms with Crippen LogP contribution in [0, 0.1) is 0 Å². The third kappa shape index (κ3) is 9.12. The van der Waals surface area contributed by atoms with E-state index in [9.17, 15) is 4.79 Å². The zero-order valence-corrected chi connectivity index (χ0v) is 13.0. The van der Waals surface area contributed by atoms with Crippen LogP contribution in [0.1, 0.15) is 19.3 Å². The molecule has 0 radical (unpaired) electrons. The Morgan fingerprint density at radius 2 is 2.06 bits per heavy atom. The first-order chi connectivity index (χ1) is 7.39. The maximum absolute atomic E-state index is 11.0. The van der Waals surface area contributed by atoms with Crippen molar-refractivity contribution in [2.24, 2.45) is 0 Å². The van der Waals surface area contributed by atoms with E-state index in [2.05, 4.69) is 40.3 Å². The molecule has 0 aromatic rings. The fourth-order valence-corrected chi connectivity index (χ4v) is 2.72. The van der Waals surface area contributed by atoms with E-state index in [1.807, 2.05) is 11.1 Å². The molecule has 0 saturated heterocycles. The molecule has 1 atom stereocenters. The van der Waals surface area contributed by atoms with E-state index in [1.165, 1.54) is 7.11 Å². The molecule has 0 aromatic carbocycles. The number of carbonyl (C=O) groups excluding carboxylic acids is 1. The lowest BCUT2D eigenvalue weighted by molar-refractivity contribution is -0.140. The quantitative estimate of drug-likeness (QED) is 0.534. The van der Waals surface area contributed by atoms with Gasteiger partial charge in [-0.2, -0.15) is 0 Å². The predicted octanol–water partition coefficient (Wildman–Crippen LogP) is 3.46. The van der Waals surface area contributed by atoms with Crippen molar-refractivity contribution in [3.8, 4) is 0 Å². The van der Waals surface area contributed by atoms with Crippen molar-refractivity contribution in [2.45, 2.75) is 45.0 Å². The molecular formula is C11H21BrO3Si. The Bertz CT molecular complexity index is 236. The van der Waals surface area contributed by atoms with E-state index >= 15 is 0 Å². The molecule has 94 valence electrons. The van der Waals surface area contributed by atoms with Gasteiger partial charge in [-0.05, 0) is 37.5 Å². The fourth-order valence-electron chi connectivity index (χ4n) is 1.28. The number of ether oxygens (including phenoxy) is 1. The van der Waals surface area contributed by atoms with Crippen LogP contribution in [-0.4, -0.2) is 27.5 Å². The van der Waals surface area contributed by atoms with Crippen LogP contribution in [0.5, 0.6) is 0 Å². The second-order valence-electron chi connectivity index (χ2n) is 4.56. The SMILES string of the molecule is COC(=O)CCCC(/C=C/Br)O[Si](C)(C)C. The third-order valence-corrected chi connectivity index (χ3v) is 3.20. The summed E-state index contributed by atoms with van der Waals surface area (Å²) in [6, 6.07) is 0. The molecule has 0 aromatic heterocycles. The minimum Gasteiger partial charge on any atom is -0.469 e. The second kappa shape index (κ2) is 8.03. The van der Waals surface area contributed by atoms with Crippen LogP contribution < -0.4 is 0 Å². The van der Waals surface area contributed by atoms with Crippen LogP contribution >= 0.6 is 15.9 Å². The van der Waals surface area contributed by atoms with Gasteiger partial charge in [0.15, 0.2) is 8.32 Å². The molecule has 0 bridgehead atoms. The molecule has 0 aliphatic heterocycles. The molecular weight excluding hydrogens is 288 g/mol. The summed E-state index contributed by atoms with van der Waals surface area (Å²) in [5.41, 5.74) is 0. The van der Waals surface area contributed by atoms with E-state index in [0.29, 0.717) is 6.42 Å². The first kappa shape index (κ1) is 15.9. The van der Waals surface area contributed by atoms with Gasteiger partial charge in [-0.25, -0.2) is 0 Å². The Morgan fingerprint density at radius 1 is 1.44 bits per heavy atom. The van der Waals surface area contributed by atoms with E-state index in [1.54, 1.807) is 0 Å². The van der Waals surface area contributed by atoms with Crippen molar-refractivity contribution in [2.75, 3.05) is 7.11 Å². The minimum atomic E-state index is -1.53. The van der Waals surface area contributed by atoms with E-state index in [-0.39, 0.29) is 12.1 Å². The summed E-state index contributed by atoms with van der Waals surface area (Å²) in [7, 11) is -0.118. The molecule has 16 heavy (non-hydrogen) atoms. The third-order valence-electron chi connectivity index (χ3n) is 1.89. The highest BCUT2D eigenvalue weighted by atomic mass is 79.9. The summed E-state index contributed by atoms with van der Waals surface area (Å²) in [6.45, 7) is 6.47. The number of carbonyl (C=O) groups is 1. The van der Waals surface area contributed by atoms with Gasteiger partial charge in [0.25, 0.3) is 0 Å². The zero-order valence-electron chi connectivity index (χ0n) is 10.5. The molecule has 0 amide bonds. The minimum absolute atomic E-state index is 0.0932. The first-order valence-electron chi connectivity index (χ1n) is 5.40. The van der Waals surface area contributed by atoms with Crippen molar-refractivity contribution in [3.05, 3.63) is 11.1 Å². The summed E-state index contributed by atoms with van der Waals surface area (Å²) in [5, 5.41) is 0. The number of halogens is 1. The average molecular weight is 309 g/mol. The smallest absolute Gasteiger partial charge is 0.305 e. The number of rotatable bonds is 7. The standard InChI is InChI=1S/C11H21BrO3Si/c1-14-11(13)7-5-6-10(8-9-12)15-16(2,3)4/h8-10H,5-7H2,1-4H3/b9-8+. The Balaban J connectivity index is 4.00. The van der Waals surface area contributed by atoms with Crippen LogP contribution in [0.3, 0.4) is 0 Å². The summed E-state index contributed by atoms with van der Waals surface area (Å²) in [6.07, 6.45) is 4.17. The summed E-state index contributed by atoms with van der Waals surface area (Å²) in [5.74, 6) is -0.158. The monoisotopic (exact) mass is 308 g/mol. The van der Waals surface area contributed by atoms with Gasteiger partial charge in [0.05, 0.1) is 13.2 Å². The fraction of sp³-hybridized carbons (Fsp3) is 0.727. The number of hydrogen-bond acceptors (Lipinski definition) is 3. The van der Waals surface area contributed by atoms with Crippen molar-refractivity contribution >= 4 is 30.2 Å². The lowest BCUT2D eigenvalue weighted by atomic mass is 10.1. The van der Waals surface area contributed by atoms with Gasteiger partial charge >= 0.3 is 5.97 Å². The Labute approximate surface area is 107 Å². The van der Waals surface area contributed by atoms with Gasteiger partial charge < -0.3 is 9.16 Å². The van der Waals surface area contributed by atoms with Gasteiger partial charge in [0.1, 0.15) is 0 Å². The number of esters is 1. The largest absolute Gasteiger partial charge is 0.469 e. The van der Waals surface area contributed by atoms with Crippen LogP contribution in [0.15, 0.2) is 11.1 Å². The highest BCUT2D eigenvalue weighted by molar-refractivity contribution is 9.11. The topological polar surface area (TPSA) is 35.5 Å². The predicted molar refractivity (Wildman–Crippen MR) is 72.2 cm³/mol. The van der Waals surface area contributed by atoms with Crippen LogP contribution in [0.2, 0.25) is 19.6 Å². The molecule has 0 aliphatic carbocycles. The Hall–Kier alpha value is -0.133. The number of hydrogen-bond donors (Lipinski definition) is 0. The lowest BCUT2D eigenvalue weighted by Crippen LogP contribution is -2.31. The van der Waals surface area contributed by atoms with E-state index in [4.69, 9.17) is 4.43 Å². The maximum Gasteiger partial charge on any atom is 0.305 e. The molecule has 0 heterocycles. The van der Waals surface area contributed by atoms with Gasteiger partial charge in [0.2, 0.25) is 0 Å². The normalized spacial score (nSPS) is 14.1. The summed E-state index contributed by atoms with van der Waals surface area (Å²) in [4.78, 5) is 12.8. The molecule has 0 fully saturated rings. The number of methoxy groups -OCH3 is 1. The molecule has 3 nitrogen and oxygen atoms in total. The van der Waals surface area contributed by atoms with Crippen molar-refractivity contribution in [3.63, 3.8) is 0 Å². The highest BCUT2D eigenvalue weighted by Gasteiger charge is 2.19. The summed E-state index contributed by atoms with van der Waals surface area (Å²) >= 11 is 3.26. The first-order valence-corrected chi connectivity index (χ1v) is 9.73. The van der Waals surface area contributed by atoms with Crippen LogP contribution in [0.25, 0.3) is 0 Å². The molecule has 1 unspecified atom stereocenters. The molecule has 0 aliphatic rings. The van der Waals surface area contributed by atoms with E-state index in [0.717, 1.165) is 12.8 Å². The Morgan fingerprint density at radius 3 is 2.50 bits per heavy atom. The van der Waals surface area contributed by atoms with Crippen LogP contribution in [0.4, 0.5) is 0 Å². The van der Waals surface area contributed by atoms with E-state index < -0.39 is 8.32 Å². The van der Waals surface area contributed by atoms with Gasteiger partial charge in [-0.3, -0.25) is 4.79 Å². The Kier molecular flexibility index (Phi) is 7.96. The molecule has 5 heteroatoms. The van der Waals surface area contributed by atoms with Gasteiger partial charge in [-0.15, -0.1) is 0 Å². The average Bonchev–Trinajstić information content (AvgIpc) is 2.15. The van der Waals surface area contributed by atoms with Crippen LogP contribution in [-0.2, 0) is 14.0 Å². The molecule has 0 N–H and O–H groups in total. The van der Waals surface area contributed by atoms with Crippen molar-refractivity contribution in [1.82, 2.24) is 0 Å². The second-order valence-corrected chi connectivity index (χ2v) is 9.54. The van der Waals surface area contributed by atoms with Gasteiger partial charge in [-0.1, -0.05) is 22.0 Å².